The summed E-state index contributed by atoms with van der Waals surface area (Å²) in [6, 6.07) is 84.3. The number of nitrogens with one attached hydrogen (secondary N) is 3. The van der Waals surface area contributed by atoms with Crippen molar-refractivity contribution in [2.24, 2.45) is 34.9 Å². The molecule has 5 aromatic heterocycles. The van der Waals surface area contributed by atoms with E-state index in [9.17, 15) is 29.4 Å². The summed E-state index contributed by atoms with van der Waals surface area (Å²) in [5.41, 5.74) is 23.1. The molecule has 739 valence electrons. The van der Waals surface area contributed by atoms with Crippen molar-refractivity contribution in [2.75, 3.05) is 39.6 Å². The second-order valence-corrected chi connectivity index (χ2v) is 36.6. The molecule has 12 aliphatic rings. The summed E-state index contributed by atoms with van der Waals surface area (Å²) in [5, 5.41) is 59.2. The van der Waals surface area contributed by atoms with E-state index in [-0.39, 0.29) is 87.1 Å². The topological polar surface area (TPSA) is 435 Å². The smallest absolute Gasteiger partial charge is 0.462 e. The van der Waals surface area contributed by atoms with Crippen LogP contribution in [0.1, 0.15) is 128 Å². The number of nitrogens with zero attached hydrogens (tertiary/aromatic N) is 20. The summed E-state index contributed by atoms with van der Waals surface area (Å²) >= 11 is 0. The number of carbonyl (C=O) groups is 4. The predicted octanol–water partition coefficient (Wildman–Crippen LogP) is 12.6. The van der Waals surface area contributed by atoms with Gasteiger partial charge in [0.25, 0.3) is 35.1 Å². The van der Waals surface area contributed by atoms with Gasteiger partial charge in [-0.25, -0.2) is 38.0 Å². The largest absolute Gasteiger partial charge is 1.00 e. The minimum absolute atomic E-state index is 0. The Hall–Kier alpha value is -17.7. The summed E-state index contributed by atoms with van der Waals surface area (Å²) in [6.45, 7) is 7.13. The van der Waals surface area contributed by atoms with Crippen LogP contribution >= 0.6 is 0 Å². The molecule has 0 aliphatic carbocycles. The van der Waals surface area contributed by atoms with Crippen molar-refractivity contribution in [3.05, 3.63) is 397 Å². The molecule has 17 heterocycles. The first-order valence-corrected chi connectivity index (χ1v) is 48.5. The van der Waals surface area contributed by atoms with Gasteiger partial charge in [0.1, 0.15) is 5.84 Å². The monoisotopic (exact) mass is 2070 g/mol. The number of aliphatic hydroxyl groups excluding tert-OH is 4. The fourth-order valence-corrected chi connectivity index (χ4v) is 21.4. The van der Waals surface area contributed by atoms with Gasteiger partial charge in [0.15, 0.2) is 0 Å². The summed E-state index contributed by atoms with van der Waals surface area (Å²) in [4.78, 5) is 127. The van der Waals surface area contributed by atoms with Gasteiger partial charge in [-0.2, -0.15) is 0 Å². The van der Waals surface area contributed by atoms with Crippen LogP contribution in [0.15, 0.2) is 315 Å². The predicted molar refractivity (Wildman–Crippen MR) is 559 cm³/mol. The maximum Gasteiger partial charge on any atom is 1.00 e. The van der Waals surface area contributed by atoms with Gasteiger partial charge in [-0.15, -0.1) is 0 Å². The molecule has 3 unspecified atom stereocenters. The molecular weight excluding hydrogens is 1990 g/mol. The molecule has 0 spiro atoms. The second kappa shape index (κ2) is 38.6. The van der Waals surface area contributed by atoms with E-state index in [2.05, 4.69) is 134 Å². The number of rotatable bonds is 16. The number of aliphatic hydroxyl groups is 4. The van der Waals surface area contributed by atoms with Gasteiger partial charge < -0.3 is 95.7 Å². The Morgan fingerprint density at radius 3 is 1.34 bits per heavy atom. The average molecular weight is 2070 g/mol. The van der Waals surface area contributed by atoms with E-state index in [1.165, 1.54) is 11.1 Å². The van der Waals surface area contributed by atoms with Crippen molar-refractivity contribution in [1.82, 2.24) is 65.3 Å². The van der Waals surface area contributed by atoms with E-state index in [1.54, 1.807) is 12.1 Å². The number of benzene rings is 12. The second-order valence-electron chi connectivity index (χ2n) is 36.6. The van der Waals surface area contributed by atoms with Crippen LogP contribution in [0.4, 0.5) is 11.6 Å². The first-order valence-electron chi connectivity index (χ1n) is 48.5. The number of hydrogen-bond donors (Lipinski definition) is 7. The third kappa shape index (κ3) is 16.0. The maximum absolute atomic E-state index is 11.9. The number of aromatic nitrogens is 10. The molecule has 12 aliphatic heterocycles. The van der Waals surface area contributed by atoms with Crippen LogP contribution in [0, 0.1) is 0 Å². The third-order valence-corrected chi connectivity index (χ3v) is 28.1. The molecule has 0 saturated carbocycles. The Bertz CT molecular complexity index is 9130. The Morgan fingerprint density at radius 2 is 0.813 bits per heavy atom. The van der Waals surface area contributed by atoms with E-state index in [1.807, 2.05) is 152 Å². The minimum Gasteiger partial charge on any atom is -0.462 e. The molecule has 0 saturated heterocycles. The Morgan fingerprint density at radius 1 is 0.393 bits per heavy atom. The first kappa shape index (κ1) is 94.5. The quantitative estimate of drug-likeness (QED) is 0.0204. The molecule has 16 bridgehead atoms. The Labute approximate surface area is 874 Å². The molecule has 7 N–H and O–H groups in total. The van der Waals surface area contributed by atoms with Crippen LogP contribution in [-0.2, 0) is 91.7 Å². The zero-order valence-electron chi connectivity index (χ0n) is 79.4. The van der Waals surface area contributed by atoms with Crippen LogP contribution < -0.4 is 41.9 Å². The van der Waals surface area contributed by atoms with Gasteiger partial charge in [0, 0.05) is 153 Å². The summed E-state index contributed by atoms with van der Waals surface area (Å²) < 4.78 is 17.7. The maximum atomic E-state index is 11.9. The van der Waals surface area contributed by atoms with Crippen molar-refractivity contribution in [2.45, 2.75) is 57.0 Å². The molecule has 12 aromatic carbocycles. The molecule has 2 amide bonds. The van der Waals surface area contributed by atoms with Crippen LogP contribution in [0.3, 0.4) is 0 Å². The van der Waals surface area contributed by atoms with E-state index >= 15 is 0 Å². The van der Waals surface area contributed by atoms with E-state index in [0.717, 1.165) is 173 Å². The van der Waals surface area contributed by atoms with Gasteiger partial charge in [-0.3, -0.25) is 14.9 Å². The standard InChI is InChI=1S/C42H28N8O4.C36H28N8O2.C24H13BN6.C12H13NO4.2Cu/c1-3-33(51)53-19-17-23-21-31-32(22-24(23)18-20-54-34(52)4-2)42-49-40-30-16-10-8-14-28(30)38(47-40)45-36-26-12-6-5-11-25(26)35(43-36)44-37-27-13-7-9-15-29(27)39(46-37)48-41(31)50-42;45-15-13-19-17-27-28(18-20(19)14-16-46)36-43-34-26-12-6-4-10-24(26)32(41-34)39-30-22-8-2-1-7-21(22)29(37-30)38-31-23-9-3-5-11-25(23)33(40-31)42-35(27)44-36;1-2-8-14-13(7-1)19-26-21-15-9-3-4-10-16(15)23-28-24-18-12-6-5-11-17(18)22-27-20(14)29(19)25(30(21)23)31(22)24;14-3-1-7-5-9-10(6-8(7)2-4-15)12(17)13-11(9)16;;/h3-16,21-22H,1-2,17-20H2;1-12,17-18,33,36,45-46H,13-16H2,(H2-,38,39,40,41,42,43,44);1-12,19H;5-6,14-15H,1-4H2,(H,13,16,17);;/q2*-2;+2;;;+1. The molecule has 0 fully saturated rings. The molecule has 3 atom stereocenters. The number of ether oxygens (including phenoxy) is 2. The normalized spacial score (nSPS) is 15.7. The van der Waals surface area contributed by atoms with E-state index in [0.29, 0.717) is 141 Å². The number of hydrogen-bond acceptors (Lipinski definition) is 25. The fraction of sp³-hybridized carbons (Fsp3) is 0.132. The number of amides is 2. The van der Waals surface area contributed by atoms with Crippen LogP contribution in [-0.4, -0.2) is 175 Å². The molecular formula is C114H82BCu2N23O10-. The molecule has 1 radical (unpaired) electrons. The van der Waals surface area contributed by atoms with Crippen LogP contribution in [0.5, 0.6) is 0 Å². The Kier molecular flexibility index (Phi) is 24.3. The van der Waals surface area contributed by atoms with Gasteiger partial charge in [-0.1, -0.05) is 229 Å². The van der Waals surface area contributed by atoms with Crippen molar-refractivity contribution < 1.29 is 92.2 Å². The number of esters is 2. The van der Waals surface area contributed by atoms with Crippen molar-refractivity contribution in [3.63, 3.8) is 0 Å². The number of fused-ring (bicyclic) bond motifs is 49. The molecule has 33 nitrogen and oxygen atoms in total. The number of amidine groups is 7. The first-order chi connectivity index (χ1) is 72.7. The number of imide groups is 1. The van der Waals surface area contributed by atoms with Gasteiger partial charge in [0.2, 0.25) is 5.49 Å². The summed E-state index contributed by atoms with van der Waals surface area (Å²) in [5.74, 6) is 6.56. The van der Waals surface area contributed by atoms with Crippen molar-refractivity contribution in [3.8, 4) is 45.6 Å². The average Bonchev–Trinajstić information content (AvgIpc) is 1.50. The molecule has 36 heteroatoms. The number of aliphatic imine (C=N–C) groups is 5. The van der Waals surface area contributed by atoms with E-state index in [4.69, 9.17) is 105 Å². The zero-order valence-corrected chi connectivity index (χ0v) is 81.3. The number of carbonyl (C=O) groups excluding carboxylic acids is 4. The van der Waals surface area contributed by atoms with Gasteiger partial charge in [0.05, 0.1) is 93.7 Å². The van der Waals surface area contributed by atoms with Crippen LogP contribution in [0.25, 0.3) is 117 Å². The third-order valence-electron chi connectivity index (χ3n) is 28.1. The molecule has 150 heavy (non-hydrogen) atoms. The summed E-state index contributed by atoms with van der Waals surface area (Å²) in [7, 11) is -0.0605. The van der Waals surface area contributed by atoms with E-state index < -0.39 is 36.1 Å². The fourth-order valence-electron chi connectivity index (χ4n) is 21.4. The van der Waals surface area contributed by atoms with Crippen LogP contribution in [0.2, 0.25) is 0 Å². The molecule has 29 rings (SSSR count). The SMILES string of the molecule is C=CC(=O)OCCc1cc2c3nc4nc(nc5[n-]c(nc6nc(nc([n-]3)c2cc1CCOC(=O)C=C)-c1ccccc1-6)c1ccccc51)-c1ccccc1-4.O=C1NC(=O)c2cc(CCO)c(CCO)cc21.OCCc1cc2c(cc1CCO)C1[N-]C2=NC2NC(=Nc3[n-]c(c4ccccc34)N=C3N=C(N1)c1ccccc13)c1ccccc12.[Cu+].[Cu].c1ccc2c(c1)C1=NC3c4ccccc4C4=[N+]3B3n5c(c6ccccc6c5=N4)=NC2=[N+]31. The van der Waals surface area contributed by atoms with Gasteiger partial charge in [-0.05, 0) is 168 Å². The van der Waals surface area contributed by atoms with Gasteiger partial charge >= 0.3 is 42.0 Å². The zero-order chi connectivity index (χ0) is 99.8. The van der Waals surface area contributed by atoms with Crippen molar-refractivity contribution >= 4 is 149 Å². The Balaban J connectivity index is 0.000000113. The van der Waals surface area contributed by atoms with Crippen molar-refractivity contribution in [1.29, 1.82) is 0 Å². The minimum atomic E-state index is -0.523. The summed E-state index contributed by atoms with van der Waals surface area (Å²) in [6.07, 6.45) is 3.76. The molecule has 17 aromatic rings.